The lowest BCUT2D eigenvalue weighted by atomic mass is 10.2. The predicted octanol–water partition coefficient (Wildman–Crippen LogP) is 4.70. The van der Waals surface area contributed by atoms with Crippen LogP contribution in [0, 0.1) is 0 Å². The van der Waals surface area contributed by atoms with Gasteiger partial charge in [0.05, 0.1) is 19.2 Å². The molecule has 1 aromatic heterocycles. The highest BCUT2D eigenvalue weighted by molar-refractivity contribution is 9.11. The molecule has 0 unspecified atom stereocenters. The largest absolute Gasteiger partial charge is 0.454 e. The first kappa shape index (κ1) is 22.4. The van der Waals surface area contributed by atoms with E-state index in [4.69, 9.17) is 4.74 Å². The number of sulfonamides is 1. The maximum absolute atomic E-state index is 13.0. The first-order valence-corrected chi connectivity index (χ1v) is 12.7. The number of rotatable bonds is 7. The zero-order chi connectivity index (χ0) is 22.7. The summed E-state index contributed by atoms with van der Waals surface area (Å²) in [5, 5.41) is 0. The second kappa shape index (κ2) is 9.40. The van der Waals surface area contributed by atoms with Crippen LogP contribution in [0.4, 0.5) is 5.69 Å². The average molecular weight is 532 g/mol. The van der Waals surface area contributed by atoms with Crippen molar-refractivity contribution < 1.29 is 22.7 Å². The molecule has 2 aromatic carbocycles. The number of nitrogens with zero attached hydrogens (tertiary/aromatic N) is 1. The SMILES string of the molecule is O=C(C=Cc1ccc(S(=O)(=O)N2CCc3ccccc32)cc1)OCC(=O)c1ccc(Br)s1. The van der Waals surface area contributed by atoms with Crippen molar-refractivity contribution >= 4 is 60.8 Å². The molecule has 0 N–H and O–H groups in total. The Morgan fingerprint density at radius 1 is 1.06 bits per heavy atom. The second-order valence-electron chi connectivity index (χ2n) is 6.99. The molecule has 164 valence electrons. The van der Waals surface area contributed by atoms with Crippen molar-refractivity contribution in [3.63, 3.8) is 0 Å². The summed E-state index contributed by atoms with van der Waals surface area (Å²) in [6, 6.07) is 17.2. The number of thiophene rings is 1. The minimum absolute atomic E-state index is 0.182. The number of hydrogen-bond donors (Lipinski definition) is 0. The Bertz CT molecular complexity index is 1300. The van der Waals surface area contributed by atoms with Gasteiger partial charge in [-0.25, -0.2) is 13.2 Å². The van der Waals surface area contributed by atoms with Gasteiger partial charge in [-0.1, -0.05) is 30.3 Å². The number of ketones is 1. The number of ether oxygens (including phenoxy) is 1. The van der Waals surface area contributed by atoms with E-state index >= 15 is 0 Å². The quantitative estimate of drug-likeness (QED) is 0.250. The average Bonchev–Trinajstić information content (AvgIpc) is 3.43. The molecule has 0 bridgehead atoms. The summed E-state index contributed by atoms with van der Waals surface area (Å²) < 4.78 is 33.3. The Balaban J connectivity index is 1.38. The summed E-state index contributed by atoms with van der Waals surface area (Å²) in [5.74, 6) is -0.931. The molecule has 0 atom stereocenters. The summed E-state index contributed by atoms with van der Waals surface area (Å²) in [5.41, 5.74) is 2.36. The molecule has 32 heavy (non-hydrogen) atoms. The number of hydrogen-bond acceptors (Lipinski definition) is 6. The minimum atomic E-state index is -3.67. The van der Waals surface area contributed by atoms with Gasteiger partial charge in [0.15, 0.2) is 6.61 Å². The fraction of sp³-hybridized carbons (Fsp3) is 0.130. The number of carbonyl (C=O) groups is 2. The maximum Gasteiger partial charge on any atom is 0.331 e. The smallest absolute Gasteiger partial charge is 0.331 e. The van der Waals surface area contributed by atoms with Gasteiger partial charge in [-0.05, 0) is 69.9 Å². The van der Waals surface area contributed by atoms with Gasteiger partial charge < -0.3 is 4.74 Å². The topological polar surface area (TPSA) is 80.8 Å². The highest BCUT2D eigenvalue weighted by Crippen LogP contribution is 2.32. The van der Waals surface area contributed by atoms with E-state index in [9.17, 15) is 18.0 Å². The molecule has 2 heterocycles. The number of halogens is 1. The molecule has 1 aliphatic rings. The van der Waals surface area contributed by atoms with Gasteiger partial charge in [-0.2, -0.15) is 0 Å². The van der Waals surface area contributed by atoms with Crippen molar-refractivity contribution in [3.8, 4) is 0 Å². The molecule has 0 spiro atoms. The van der Waals surface area contributed by atoms with Crippen molar-refractivity contribution in [2.75, 3.05) is 17.5 Å². The summed E-state index contributed by atoms with van der Waals surface area (Å²) >= 11 is 4.55. The number of anilines is 1. The third kappa shape index (κ3) is 4.85. The molecule has 6 nitrogen and oxygen atoms in total. The van der Waals surface area contributed by atoms with E-state index in [1.165, 1.54) is 39.9 Å². The Hall–Kier alpha value is -2.75. The monoisotopic (exact) mass is 531 g/mol. The first-order chi connectivity index (χ1) is 15.3. The van der Waals surface area contributed by atoms with E-state index in [1.807, 2.05) is 24.3 Å². The number of carbonyl (C=O) groups excluding carboxylic acids is 2. The molecule has 9 heteroatoms. The van der Waals surface area contributed by atoms with Crippen molar-refractivity contribution in [1.29, 1.82) is 0 Å². The molecular formula is C23H18BrNO5S2. The van der Waals surface area contributed by atoms with E-state index < -0.39 is 16.0 Å². The third-order valence-electron chi connectivity index (χ3n) is 4.92. The Labute approximate surface area is 198 Å². The van der Waals surface area contributed by atoms with Crippen molar-refractivity contribution in [2.45, 2.75) is 11.3 Å². The summed E-state index contributed by atoms with van der Waals surface area (Å²) in [7, 11) is -3.67. The van der Waals surface area contributed by atoms with E-state index in [0.717, 1.165) is 9.35 Å². The Morgan fingerprint density at radius 2 is 1.81 bits per heavy atom. The van der Waals surface area contributed by atoms with Crippen LogP contribution in [0.2, 0.25) is 0 Å². The van der Waals surface area contributed by atoms with Gasteiger partial charge in [-0.15, -0.1) is 11.3 Å². The van der Waals surface area contributed by atoms with E-state index in [-0.39, 0.29) is 17.3 Å². The molecule has 0 radical (unpaired) electrons. The van der Waals surface area contributed by atoms with Crippen LogP contribution in [0.15, 0.2) is 75.4 Å². The first-order valence-electron chi connectivity index (χ1n) is 9.69. The van der Waals surface area contributed by atoms with Gasteiger partial charge in [0.25, 0.3) is 10.0 Å². The van der Waals surface area contributed by atoms with Gasteiger partial charge in [-0.3, -0.25) is 9.10 Å². The molecule has 0 amide bonds. The fourth-order valence-electron chi connectivity index (χ4n) is 3.32. The van der Waals surface area contributed by atoms with Gasteiger partial charge in [0.1, 0.15) is 0 Å². The number of Topliss-reactive ketones (excluding diaryl/α,β-unsaturated/α-hetero) is 1. The van der Waals surface area contributed by atoms with Crippen molar-refractivity contribution in [2.24, 2.45) is 0 Å². The predicted molar refractivity (Wildman–Crippen MR) is 127 cm³/mol. The van der Waals surface area contributed by atoms with Crippen LogP contribution < -0.4 is 4.31 Å². The molecular weight excluding hydrogens is 514 g/mol. The minimum Gasteiger partial charge on any atom is -0.454 e. The number of esters is 1. The van der Waals surface area contributed by atoms with Gasteiger partial charge in [0, 0.05) is 12.6 Å². The number of benzene rings is 2. The van der Waals surface area contributed by atoms with Crippen LogP contribution in [0.25, 0.3) is 6.08 Å². The van der Waals surface area contributed by atoms with Crippen molar-refractivity contribution in [1.82, 2.24) is 0 Å². The van der Waals surface area contributed by atoms with E-state index in [0.29, 0.717) is 29.1 Å². The number of para-hydroxylation sites is 1. The lowest BCUT2D eigenvalue weighted by Gasteiger charge is -2.19. The van der Waals surface area contributed by atoms with Gasteiger partial charge >= 0.3 is 5.97 Å². The summed E-state index contributed by atoms with van der Waals surface area (Å²) in [6.45, 7) is 0.0704. The summed E-state index contributed by atoms with van der Waals surface area (Å²) in [6.07, 6.45) is 3.40. The molecule has 4 rings (SSSR count). The standard InChI is InChI=1S/C23H18BrNO5S2/c24-22-11-10-21(31-22)20(26)15-30-23(27)12-7-16-5-8-18(9-6-16)32(28,29)25-14-13-17-3-1-2-4-19(17)25/h1-12H,13-15H2. The zero-order valence-corrected chi connectivity index (χ0v) is 20.0. The van der Waals surface area contributed by atoms with Crippen LogP contribution in [0.3, 0.4) is 0 Å². The third-order valence-corrected chi connectivity index (χ3v) is 8.41. The summed E-state index contributed by atoms with van der Waals surface area (Å²) in [4.78, 5) is 24.6. The van der Waals surface area contributed by atoms with Crippen LogP contribution >= 0.6 is 27.3 Å². The Morgan fingerprint density at radius 3 is 2.53 bits per heavy atom. The maximum atomic E-state index is 13.0. The lowest BCUT2D eigenvalue weighted by molar-refractivity contribution is -0.136. The Kier molecular flexibility index (Phi) is 6.59. The zero-order valence-electron chi connectivity index (χ0n) is 16.7. The molecule has 0 aliphatic carbocycles. The van der Waals surface area contributed by atoms with Crippen molar-refractivity contribution in [3.05, 3.63) is 86.5 Å². The second-order valence-corrected chi connectivity index (χ2v) is 11.3. The lowest BCUT2D eigenvalue weighted by Crippen LogP contribution is -2.29. The van der Waals surface area contributed by atoms with Crippen LogP contribution in [0.5, 0.6) is 0 Å². The number of fused-ring (bicyclic) bond motifs is 1. The van der Waals surface area contributed by atoms with Gasteiger partial charge in [0.2, 0.25) is 5.78 Å². The molecule has 1 aliphatic heterocycles. The van der Waals surface area contributed by atoms with Crippen LogP contribution in [-0.4, -0.2) is 33.3 Å². The highest BCUT2D eigenvalue weighted by atomic mass is 79.9. The van der Waals surface area contributed by atoms with Crippen LogP contribution in [0.1, 0.15) is 20.8 Å². The highest BCUT2D eigenvalue weighted by Gasteiger charge is 2.30. The van der Waals surface area contributed by atoms with E-state index in [1.54, 1.807) is 24.3 Å². The fourth-order valence-corrected chi connectivity index (χ4v) is 6.13. The van der Waals surface area contributed by atoms with Crippen LogP contribution in [-0.2, 0) is 26.0 Å². The molecule has 3 aromatic rings. The normalized spacial score (nSPS) is 13.3. The molecule has 0 saturated carbocycles. The van der Waals surface area contributed by atoms with E-state index in [2.05, 4.69) is 15.9 Å². The molecule has 0 fully saturated rings. The molecule has 0 saturated heterocycles.